The van der Waals surface area contributed by atoms with E-state index in [-0.39, 0.29) is 0 Å². The second-order valence-corrected chi connectivity index (χ2v) is 5.81. The maximum Gasteiger partial charge on any atom is 0.0719 e. The highest BCUT2D eigenvalue weighted by Gasteiger charge is 2.19. The van der Waals surface area contributed by atoms with Crippen LogP contribution in [0.3, 0.4) is 0 Å². The summed E-state index contributed by atoms with van der Waals surface area (Å²) in [5.41, 5.74) is 6.42. The van der Waals surface area contributed by atoms with Crippen LogP contribution in [0, 0.1) is 11.8 Å². The summed E-state index contributed by atoms with van der Waals surface area (Å²) < 4.78 is 1.94. The van der Waals surface area contributed by atoms with Gasteiger partial charge in [0.15, 0.2) is 0 Å². The molecule has 0 aliphatic carbocycles. The largest absolute Gasteiger partial charge is 0.396 e. The van der Waals surface area contributed by atoms with E-state index in [1.807, 2.05) is 10.9 Å². The molecule has 2 rings (SSSR count). The number of nitrogens with zero attached hydrogens (tertiary/aromatic N) is 3. The molecule has 0 radical (unpaired) electrons. The van der Waals surface area contributed by atoms with Gasteiger partial charge in [0.1, 0.15) is 0 Å². The monoisotopic (exact) mass is 250 g/mol. The maximum atomic E-state index is 5.67. The number of hydrogen-bond acceptors (Lipinski definition) is 3. The average molecular weight is 250 g/mol. The van der Waals surface area contributed by atoms with Gasteiger partial charge in [0.05, 0.1) is 18.4 Å². The van der Waals surface area contributed by atoms with Crippen molar-refractivity contribution in [1.82, 2.24) is 14.7 Å². The fourth-order valence-corrected chi connectivity index (χ4v) is 2.82. The van der Waals surface area contributed by atoms with Gasteiger partial charge < -0.3 is 10.6 Å². The third-order valence-electron chi connectivity index (χ3n) is 4.11. The summed E-state index contributed by atoms with van der Waals surface area (Å²) in [6, 6.07) is 0. The van der Waals surface area contributed by atoms with Crippen LogP contribution in [0.2, 0.25) is 0 Å². The molecular formula is C14H26N4. The summed E-state index contributed by atoms with van der Waals surface area (Å²) in [4.78, 5) is 2.57. The molecule has 18 heavy (non-hydrogen) atoms. The predicted octanol–water partition coefficient (Wildman–Crippen LogP) is 2.22. The van der Waals surface area contributed by atoms with Gasteiger partial charge in [-0.1, -0.05) is 13.8 Å². The van der Waals surface area contributed by atoms with Gasteiger partial charge >= 0.3 is 0 Å². The lowest BCUT2D eigenvalue weighted by Crippen LogP contribution is -2.29. The van der Waals surface area contributed by atoms with Crippen LogP contribution in [0.1, 0.15) is 33.1 Å². The summed E-state index contributed by atoms with van der Waals surface area (Å²) in [5, 5.41) is 4.23. The Morgan fingerprint density at radius 3 is 2.83 bits per heavy atom. The number of nitrogens with two attached hydrogens (primary N) is 1. The van der Waals surface area contributed by atoms with E-state index in [1.54, 1.807) is 6.20 Å². The molecule has 0 spiro atoms. The van der Waals surface area contributed by atoms with Crippen LogP contribution in [-0.4, -0.2) is 34.3 Å². The zero-order valence-electron chi connectivity index (χ0n) is 11.7. The molecule has 1 atom stereocenters. The Labute approximate surface area is 110 Å². The van der Waals surface area contributed by atoms with Crippen molar-refractivity contribution in [3.63, 3.8) is 0 Å². The van der Waals surface area contributed by atoms with Crippen molar-refractivity contribution >= 4 is 5.69 Å². The van der Waals surface area contributed by atoms with E-state index in [2.05, 4.69) is 23.8 Å². The Balaban J connectivity index is 1.77. The molecule has 1 aromatic heterocycles. The number of anilines is 1. The highest BCUT2D eigenvalue weighted by molar-refractivity contribution is 5.30. The zero-order valence-corrected chi connectivity index (χ0v) is 11.7. The molecule has 0 saturated carbocycles. The third kappa shape index (κ3) is 3.73. The molecule has 1 aliphatic heterocycles. The normalized spacial score (nSPS) is 22.3. The Hall–Kier alpha value is -1.03. The van der Waals surface area contributed by atoms with Gasteiger partial charge in [0.25, 0.3) is 0 Å². The summed E-state index contributed by atoms with van der Waals surface area (Å²) in [6.45, 7) is 9.22. The van der Waals surface area contributed by atoms with Gasteiger partial charge in [-0.15, -0.1) is 0 Å². The lowest BCUT2D eigenvalue weighted by Gasteiger charge is -2.21. The zero-order chi connectivity index (χ0) is 13.0. The summed E-state index contributed by atoms with van der Waals surface area (Å²) in [6.07, 6.45) is 7.71. The van der Waals surface area contributed by atoms with Crippen LogP contribution in [0.4, 0.5) is 5.69 Å². The smallest absolute Gasteiger partial charge is 0.0719 e. The van der Waals surface area contributed by atoms with E-state index in [0.717, 1.165) is 30.6 Å². The number of nitrogen functional groups attached to an aromatic ring is 1. The molecule has 1 saturated heterocycles. The van der Waals surface area contributed by atoms with Crippen LogP contribution in [-0.2, 0) is 6.54 Å². The van der Waals surface area contributed by atoms with E-state index in [1.165, 1.54) is 32.4 Å². The molecule has 4 heteroatoms. The van der Waals surface area contributed by atoms with Gasteiger partial charge in [-0.05, 0) is 44.2 Å². The Morgan fingerprint density at radius 1 is 1.33 bits per heavy atom. The summed E-state index contributed by atoms with van der Waals surface area (Å²) in [7, 11) is 0. The second kappa shape index (κ2) is 6.23. The minimum atomic E-state index is 0.755. The molecule has 1 aliphatic rings. The van der Waals surface area contributed by atoms with Crippen LogP contribution in [0.15, 0.2) is 12.4 Å². The van der Waals surface area contributed by atoms with Gasteiger partial charge in [0, 0.05) is 12.7 Å². The van der Waals surface area contributed by atoms with Crippen LogP contribution >= 0.6 is 0 Å². The number of hydrogen-bond donors (Lipinski definition) is 1. The van der Waals surface area contributed by atoms with Crippen molar-refractivity contribution in [1.29, 1.82) is 0 Å². The standard InChI is InChI=1S/C14H26N4/c1-12(2)13-4-3-6-17(7-5-13)8-9-18-11-14(15)10-16-18/h10-13H,3-9,15H2,1-2H3. The minimum Gasteiger partial charge on any atom is -0.396 e. The van der Waals surface area contributed by atoms with Crippen molar-refractivity contribution in [3.05, 3.63) is 12.4 Å². The first-order valence-electron chi connectivity index (χ1n) is 7.15. The lowest BCUT2D eigenvalue weighted by molar-refractivity contribution is 0.258. The SMILES string of the molecule is CC(C)C1CCCN(CCn2cc(N)cn2)CC1. The highest BCUT2D eigenvalue weighted by Crippen LogP contribution is 2.24. The van der Waals surface area contributed by atoms with Crippen molar-refractivity contribution < 1.29 is 0 Å². The Morgan fingerprint density at radius 2 is 2.17 bits per heavy atom. The van der Waals surface area contributed by atoms with Gasteiger partial charge in [0.2, 0.25) is 0 Å². The predicted molar refractivity (Wildman–Crippen MR) is 75.3 cm³/mol. The van der Waals surface area contributed by atoms with E-state index in [9.17, 15) is 0 Å². The molecule has 1 unspecified atom stereocenters. The van der Waals surface area contributed by atoms with Gasteiger partial charge in [-0.3, -0.25) is 4.68 Å². The fraction of sp³-hybridized carbons (Fsp3) is 0.786. The molecular weight excluding hydrogens is 224 g/mol. The average Bonchev–Trinajstić information content (AvgIpc) is 2.62. The van der Waals surface area contributed by atoms with Crippen LogP contribution < -0.4 is 5.73 Å². The first kappa shape index (κ1) is 13.4. The molecule has 102 valence electrons. The van der Waals surface area contributed by atoms with E-state index in [0.29, 0.717) is 0 Å². The van der Waals surface area contributed by atoms with Crippen molar-refractivity contribution in [2.24, 2.45) is 11.8 Å². The third-order valence-corrected chi connectivity index (χ3v) is 4.11. The number of aromatic nitrogens is 2. The summed E-state index contributed by atoms with van der Waals surface area (Å²) in [5.74, 6) is 1.74. The molecule has 0 bridgehead atoms. The molecule has 1 fully saturated rings. The highest BCUT2D eigenvalue weighted by atomic mass is 15.3. The molecule has 4 nitrogen and oxygen atoms in total. The first-order valence-corrected chi connectivity index (χ1v) is 7.15. The van der Waals surface area contributed by atoms with Crippen LogP contribution in [0.5, 0.6) is 0 Å². The Bertz CT molecular complexity index is 358. The number of rotatable bonds is 4. The van der Waals surface area contributed by atoms with E-state index < -0.39 is 0 Å². The topological polar surface area (TPSA) is 47.1 Å². The minimum absolute atomic E-state index is 0.755. The Kier molecular flexibility index (Phi) is 4.64. The molecule has 1 aromatic rings. The van der Waals surface area contributed by atoms with Crippen molar-refractivity contribution in [2.45, 2.75) is 39.7 Å². The lowest BCUT2D eigenvalue weighted by atomic mass is 9.89. The quantitative estimate of drug-likeness (QED) is 0.891. The molecule has 0 aromatic carbocycles. The summed E-state index contributed by atoms with van der Waals surface area (Å²) >= 11 is 0. The first-order chi connectivity index (χ1) is 8.65. The van der Waals surface area contributed by atoms with Gasteiger partial charge in [-0.2, -0.15) is 5.10 Å². The van der Waals surface area contributed by atoms with Crippen molar-refractivity contribution in [2.75, 3.05) is 25.4 Å². The molecule has 0 amide bonds. The number of likely N-dealkylation sites (tertiary alicyclic amines) is 1. The van der Waals surface area contributed by atoms with Crippen LogP contribution in [0.25, 0.3) is 0 Å². The van der Waals surface area contributed by atoms with E-state index >= 15 is 0 Å². The fourth-order valence-electron chi connectivity index (χ4n) is 2.82. The second-order valence-electron chi connectivity index (χ2n) is 5.81. The molecule has 2 N–H and O–H groups in total. The molecule has 2 heterocycles. The van der Waals surface area contributed by atoms with Gasteiger partial charge in [-0.25, -0.2) is 0 Å². The van der Waals surface area contributed by atoms with E-state index in [4.69, 9.17) is 5.73 Å². The van der Waals surface area contributed by atoms with Crippen molar-refractivity contribution in [3.8, 4) is 0 Å². The maximum absolute atomic E-state index is 5.67.